The van der Waals surface area contributed by atoms with Gasteiger partial charge in [-0.25, -0.2) is 0 Å². The quantitative estimate of drug-likeness (QED) is 0.863. The maximum Gasteiger partial charge on any atom is 0.119 e. The molecule has 0 heterocycles. The zero-order valence-electron chi connectivity index (χ0n) is 12.8. The Kier molecular flexibility index (Phi) is 4.14. The molecule has 0 aliphatic heterocycles. The summed E-state index contributed by atoms with van der Waals surface area (Å²) in [5.74, 6) is 1.62. The molecule has 2 aromatic carbocycles. The number of hydrogen-bond acceptors (Lipinski definition) is 2. The van der Waals surface area contributed by atoms with E-state index >= 15 is 0 Å². The Bertz CT molecular complexity index is 602. The van der Waals surface area contributed by atoms with E-state index in [1.165, 1.54) is 29.7 Å². The van der Waals surface area contributed by atoms with Gasteiger partial charge in [0.15, 0.2) is 0 Å². The van der Waals surface area contributed by atoms with Crippen molar-refractivity contribution in [2.75, 3.05) is 12.4 Å². The molecule has 3 rings (SSSR count). The van der Waals surface area contributed by atoms with E-state index < -0.39 is 0 Å². The number of anilines is 1. The summed E-state index contributed by atoms with van der Waals surface area (Å²) in [6, 6.07) is 17.7. The summed E-state index contributed by atoms with van der Waals surface area (Å²) in [6.07, 6.45) is 3.48. The summed E-state index contributed by atoms with van der Waals surface area (Å²) in [6.45, 7) is 2.21. The van der Waals surface area contributed by atoms with Crippen molar-refractivity contribution in [2.45, 2.75) is 38.1 Å². The Hall–Kier alpha value is -1.96. The van der Waals surface area contributed by atoms with Crippen molar-refractivity contribution in [3.8, 4) is 5.75 Å². The molecular weight excluding hydrogens is 258 g/mol. The van der Waals surface area contributed by atoms with Crippen LogP contribution in [0.1, 0.15) is 36.8 Å². The smallest absolute Gasteiger partial charge is 0.119 e. The van der Waals surface area contributed by atoms with Crippen molar-refractivity contribution < 1.29 is 4.74 Å². The molecule has 110 valence electrons. The van der Waals surface area contributed by atoms with E-state index in [0.29, 0.717) is 12.0 Å². The molecule has 0 bridgehead atoms. The lowest BCUT2D eigenvalue weighted by molar-refractivity contribution is 0.370. The van der Waals surface area contributed by atoms with E-state index in [0.717, 1.165) is 12.2 Å². The van der Waals surface area contributed by atoms with Gasteiger partial charge in [0.25, 0.3) is 0 Å². The lowest BCUT2D eigenvalue weighted by Crippen LogP contribution is -2.34. The molecule has 1 aliphatic carbocycles. The lowest BCUT2D eigenvalue weighted by atomic mass is 9.75. The highest BCUT2D eigenvalue weighted by molar-refractivity contribution is 5.52. The summed E-state index contributed by atoms with van der Waals surface area (Å²) in [5.41, 5.74) is 4.10. The highest BCUT2D eigenvalue weighted by Crippen LogP contribution is 2.39. The number of rotatable bonds is 5. The molecule has 0 aromatic heterocycles. The van der Waals surface area contributed by atoms with Gasteiger partial charge in [-0.1, -0.05) is 37.3 Å². The minimum atomic E-state index is 0.592. The topological polar surface area (TPSA) is 21.3 Å². The second-order valence-electron chi connectivity index (χ2n) is 5.80. The first-order valence-corrected chi connectivity index (χ1v) is 7.78. The van der Waals surface area contributed by atoms with Gasteiger partial charge in [-0.05, 0) is 54.5 Å². The van der Waals surface area contributed by atoms with Crippen LogP contribution < -0.4 is 10.1 Å². The molecular formula is C19H23NO. The maximum absolute atomic E-state index is 5.31. The van der Waals surface area contributed by atoms with Crippen molar-refractivity contribution in [2.24, 2.45) is 0 Å². The third-order valence-electron chi connectivity index (χ3n) is 4.46. The van der Waals surface area contributed by atoms with Crippen LogP contribution in [0.25, 0.3) is 0 Å². The number of methoxy groups -OCH3 is 1. The van der Waals surface area contributed by atoms with Gasteiger partial charge in [-0.2, -0.15) is 0 Å². The molecule has 0 amide bonds. The van der Waals surface area contributed by atoms with E-state index in [9.17, 15) is 0 Å². The number of aryl methyl sites for hydroxylation is 1. The van der Waals surface area contributed by atoms with Crippen LogP contribution in [-0.2, 0) is 6.42 Å². The Morgan fingerprint density at radius 1 is 1.10 bits per heavy atom. The van der Waals surface area contributed by atoms with Gasteiger partial charge in [0.2, 0.25) is 0 Å². The van der Waals surface area contributed by atoms with Gasteiger partial charge in [-0.3, -0.25) is 0 Å². The zero-order chi connectivity index (χ0) is 14.7. The number of para-hydroxylation sites is 1. The molecule has 21 heavy (non-hydrogen) atoms. The van der Waals surface area contributed by atoms with Crippen LogP contribution in [0, 0.1) is 0 Å². The van der Waals surface area contributed by atoms with Crippen LogP contribution in [0.3, 0.4) is 0 Å². The van der Waals surface area contributed by atoms with Crippen molar-refractivity contribution >= 4 is 5.69 Å². The van der Waals surface area contributed by atoms with Crippen LogP contribution in [0.15, 0.2) is 48.5 Å². The summed E-state index contributed by atoms with van der Waals surface area (Å²) < 4.78 is 5.31. The molecule has 2 aromatic rings. The van der Waals surface area contributed by atoms with E-state index in [2.05, 4.69) is 54.7 Å². The molecule has 1 saturated carbocycles. The van der Waals surface area contributed by atoms with Crippen LogP contribution in [0.5, 0.6) is 5.75 Å². The summed E-state index contributed by atoms with van der Waals surface area (Å²) in [7, 11) is 1.73. The Balaban J connectivity index is 1.60. The predicted octanol–water partition coefficient (Wildman–Crippen LogP) is 4.62. The molecule has 0 saturated heterocycles. The first kappa shape index (κ1) is 14.0. The SMILES string of the molecule is CCc1ccccc1NC1CC(c2cccc(OC)c2)C1. The van der Waals surface area contributed by atoms with Gasteiger partial charge in [0, 0.05) is 11.7 Å². The maximum atomic E-state index is 5.31. The molecule has 0 unspecified atom stereocenters. The zero-order valence-corrected chi connectivity index (χ0v) is 12.8. The summed E-state index contributed by atoms with van der Waals surface area (Å²) >= 11 is 0. The largest absolute Gasteiger partial charge is 0.497 e. The highest BCUT2D eigenvalue weighted by Gasteiger charge is 2.30. The van der Waals surface area contributed by atoms with Gasteiger partial charge in [0.1, 0.15) is 5.75 Å². The Morgan fingerprint density at radius 3 is 2.67 bits per heavy atom. The summed E-state index contributed by atoms with van der Waals surface area (Å²) in [5, 5.41) is 3.69. The number of ether oxygens (including phenoxy) is 1. The summed E-state index contributed by atoms with van der Waals surface area (Å²) in [4.78, 5) is 0. The van der Waals surface area contributed by atoms with Gasteiger partial charge >= 0.3 is 0 Å². The third kappa shape index (κ3) is 3.05. The van der Waals surface area contributed by atoms with E-state index in [4.69, 9.17) is 4.74 Å². The predicted molar refractivity (Wildman–Crippen MR) is 88.2 cm³/mol. The lowest BCUT2D eigenvalue weighted by Gasteiger charge is -2.37. The van der Waals surface area contributed by atoms with Crippen LogP contribution in [0.4, 0.5) is 5.69 Å². The number of nitrogens with one attached hydrogen (secondary N) is 1. The fraction of sp³-hybridized carbons (Fsp3) is 0.368. The molecule has 2 nitrogen and oxygen atoms in total. The van der Waals surface area contributed by atoms with E-state index in [-0.39, 0.29) is 0 Å². The minimum Gasteiger partial charge on any atom is -0.497 e. The molecule has 1 N–H and O–H groups in total. The van der Waals surface area contributed by atoms with Crippen molar-refractivity contribution in [1.82, 2.24) is 0 Å². The molecule has 0 spiro atoms. The molecule has 0 atom stereocenters. The molecule has 2 heteroatoms. The fourth-order valence-electron chi connectivity index (χ4n) is 3.09. The number of hydrogen-bond donors (Lipinski definition) is 1. The van der Waals surface area contributed by atoms with Gasteiger partial charge < -0.3 is 10.1 Å². The van der Waals surface area contributed by atoms with Crippen LogP contribution in [0.2, 0.25) is 0 Å². The van der Waals surface area contributed by atoms with Crippen molar-refractivity contribution in [3.63, 3.8) is 0 Å². The second-order valence-corrected chi connectivity index (χ2v) is 5.80. The van der Waals surface area contributed by atoms with Crippen LogP contribution >= 0.6 is 0 Å². The monoisotopic (exact) mass is 281 g/mol. The van der Waals surface area contributed by atoms with Crippen molar-refractivity contribution in [3.05, 3.63) is 59.7 Å². The first-order valence-electron chi connectivity index (χ1n) is 7.78. The van der Waals surface area contributed by atoms with Gasteiger partial charge in [-0.15, -0.1) is 0 Å². The average Bonchev–Trinajstić information content (AvgIpc) is 2.50. The first-order chi connectivity index (χ1) is 10.3. The minimum absolute atomic E-state index is 0.592. The molecule has 1 fully saturated rings. The van der Waals surface area contributed by atoms with E-state index in [1.54, 1.807) is 7.11 Å². The van der Waals surface area contributed by atoms with Crippen molar-refractivity contribution in [1.29, 1.82) is 0 Å². The van der Waals surface area contributed by atoms with Gasteiger partial charge in [0.05, 0.1) is 7.11 Å². The highest BCUT2D eigenvalue weighted by atomic mass is 16.5. The average molecular weight is 281 g/mol. The molecule has 1 aliphatic rings. The Morgan fingerprint density at radius 2 is 1.90 bits per heavy atom. The number of benzene rings is 2. The normalized spacial score (nSPS) is 20.7. The van der Waals surface area contributed by atoms with Crippen LogP contribution in [-0.4, -0.2) is 13.2 Å². The third-order valence-corrected chi connectivity index (χ3v) is 4.46. The Labute approximate surface area is 127 Å². The molecule has 0 radical (unpaired) electrons. The fourth-order valence-corrected chi connectivity index (χ4v) is 3.09. The second kappa shape index (κ2) is 6.21. The van der Waals surface area contributed by atoms with E-state index in [1.807, 2.05) is 6.07 Å². The standard InChI is InChI=1S/C19H23NO/c1-3-14-7-4-5-10-19(14)20-17-11-16(12-17)15-8-6-9-18(13-15)21-2/h4-10,13,16-17,20H,3,11-12H2,1-2H3.